The molecule has 1 aliphatic rings. The lowest BCUT2D eigenvalue weighted by molar-refractivity contribution is 0.0768. The van der Waals surface area contributed by atoms with E-state index in [4.69, 9.17) is 0 Å². The van der Waals surface area contributed by atoms with Gasteiger partial charge in [0.2, 0.25) is 0 Å². The third kappa shape index (κ3) is 3.69. The largest absolute Gasteiger partial charge is 0.370 e. The first-order valence-electron chi connectivity index (χ1n) is 6.71. The smallest absolute Gasteiger partial charge is 0.254 e. The Morgan fingerprint density at radius 1 is 1.40 bits per heavy atom. The molecule has 1 saturated heterocycles. The summed E-state index contributed by atoms with van der Waals surface area (Å²) in [6, 6.07) is 3.35. The van der Waals surface area contributed by atoms with Gasteiger partial charge in [-0.15, -0.1) is 0 Å². The van der Waals surface area contributed by atoms with E-state index >= 15 is 0 Å². The van der Waals surface area contributed by atoms with Crippen LogP contribution in [0, 0.1) is 0 Å². The number of amides is 1. The van der Waals surface area contributed by atoms with Crippen molar-refractivity contribution < 1.29 is 13.2 Å². The number of carbonyl (C=O) groups is 1. The number of anilines is 1. The lowest BCUT2D eigenvalue weighted by Crippen LogP contribution is -2.33. The molecule has 1 aromatic heterocycles. The highest BCUT2D eigenvalue weighted by molar-refractivity contribution is 7.91. The predicted octanol–water partition coefficient (Wildman–Crippen LogP) is 0.774. The Labute approximate surface area is 119 Å². The molecule has 0 atom stereocenters. The number of nitrogens with zero attached hydrogens (tertiary/aromatic N) is 2. The van der Waals surface area contributed by atoms with Gasteiger partial charge in [0.25, 0.3) is 5.91 Å². The summed E-state index contributed by atoms with van der Waals surface area (Å²) in [5.41, 5.74) is 0.537. The highest BCUT2D eigenvalue weighted by Crippen LogP contribution is 2.12. The van der Waals surface area contributed by atoms with Gasteiger partial charge >= 0.3 is 0 Å². The number of nitrogens with one attached hydrogen (secondary N) is 1. The fourth-order valence-corrected chi connectivity index (χ4v) is 3.44. The number of hydrogen-bond donors (Lipinski definition) is 1. The minimum atomic E-state index is -3.00. The second-order valence-corrected chi connectivity index (χ2v) is 7.06. The van der Waals surface area contributed by atoms with Gasteiger partial charge in [0, 0.05) is 31.4 Å². The Morgan fingerprint density at radius 3 is 2.95 bits per heavy atom. The van der Waals surface area contributed by atoms with Crippen LogP contribution in [-0.4, -0.2) is 55.3 Å². The van der Waals surface area contributed by atoms with Crippen LogP contribution in [0.5, 0.6) is 0 Å². The fourth-order valence-electron chi connectivity index (χ4n) is 2.17. The third-order valence-electron chi connectivity index (χ3n) is 3.21. The Morgan fingerprint density at radius 2 is 2.20 bits per heavy atom. The van der Waals surface area contributed by atoms with Gasteiger partial charge in [-0.05, 0) is 25.5 Å². The summed E-state index contributed by atoms with van der Waals surface area (Å²) in [6.07, 6.45) is 2.08. The van der Waals surface area contributed by atoms with Crippen LogP contribution >= 0.6 is 0 Å². The van der Waals surface area contributed by atoms with E-state index in [0.29, 0.717) is 24.3 Å². The maximum Gasteiger partial charge on any atom is 0.254 e. The molecule has 110 valence electrons. The quantitative estimate of drug-likeness (QED) is 0.891. The Kier molecular flexibility index (Phi) is 4.59. The van der Waals surface area contributed by atoms with Gasteiger partial charge in [-0.2, -0.15) is 0 Å². The maximum absolute atomic E-state index is 12.4. The predicted molar refractivity (Wildman–Crippen MR) is 77.6 cm³/mol. The molecule has 0 aromatic carbocycles. The molecular formula is C13H19N3O3S. The first-order valence-corrected chi connectivity index (χ1v) is 8.53. The van der Waals surface area contributed by atoms with Crippen LogP contribution in [0.1, 0.15) is 23.7 Å². The number of rotatable bonds is 3. The fraction of sp³-hybridized carbons (Fsp3) is 0.538. The van der Waals surface area contributed by atoms with Crippen molar-refractivity contribution in [3.63, 3.8) is 0 Å². The highest BCUT2D eigenvalue weighted by atomic mass is 32.2. The van der Waals surface area contributed by atoms with Crippen molar-refractivity contribution in [2.24, 2.45) is 0 Å². The second-order valence-electron chi connectivity index (χ2n) is 4.76. The van der Waals surface area contributed by atoms with Crippen LogP contribution < -0.4 is 5.32 Å². The first-order chi connectivity index (χ1) is 9.52. The van der Waals surface area contributed by atoms with E-state index in [0.717, 1.165) is 6.54 Å². The minimum absolute atomic E-state index is 0.0455. The van der Waals surface area contributed by atoms with E-state index in [-0.39, 0.29) is 24.0 Å². The summed E-state index contributed by atoms with van der Waals surface area (Å²) in [4.78, 5) is 18.1. The number of carbonyl (C=O) groups excluding carboxylic acids is 1. The van der Waals surface area contributed by atoms with Crippen LogP contribution in [0.25, 0.3) is 0 Å². The highest BCUT2D eigenvalue weighted by Gasteiger charge is 2.23. The number of pyridine rings is 1. The summed E-state index contributed by atoms with van der Waals surface area (Å²) in [6.45, 7) is 3.43. The van der Waals surface area contributed by atoms with Gasteiger partial charge in [-0.25, -0.2) is 13.4 Å². The zero-order valence-electron chi connectivity index (χ0n) is 11.5. The standard InChI is InChI=1S/C13H19N3O3S/c1-2-14-12-10-11(4-5-15-12)13(17)16-6-3-8-20(18,19)9-7-16/h4-5,10H,2-3,6-9H2,1H3,(H,14,15). The van der Waals surface area contributed by atoms with E-state index in [1.54, 1.807) is 23.2 Å². The maximum atomic E-state index is 12.4. The van der Waals surface area contributed by atoms with E-state index in [1.165, 1.54) is 0 Å². The van der Waals surface area contributed by atoms with Gasteiger partial charge in [-0.3, -0.25) is 4.79 Å². The molecule has 1 amide bonds. The zero-order chi connectivity index (χ0) is 14.6. The van der Waals surface area contributed by atoms with Crippen molar-refractivity contribution in [1.82, 2.24) is 9.88 Å². The van der Waals surface area contributed by atoms with Crippen molar-refractivity contribution in [2.45, 2.75) is 13.3 Å². The summed E-state index contributed by atoms with van der Waals surface area (Å²) in [7, 11) is -3.00. The van der Waals surface area contributed by atoms with Gasteiger partial charge in [0.05, 0.1) is 11.5 Å². The Balaban J connectivity index is 2.12. The van der Waals surface area contributed by atoms with E-state index < -0.39 is 9.84 Å². The number of sulfone groups is 1. The average molecular weight is 297 g/mol. The first kappa shape index (κ1) is 14.8. The van der Waals surface area contributed by atoms with Crippen LogP contribution in [-0.2, 0) is 9.84 Å². The molecule has 2 heterocycles. The normalized spacial score (nSPS) is 18.4. The number of aromatic nitrogens is 1. The summed E-state index contributed by atoms with van der Waals surface area (Å²) >= 11 is 0. The van der Waals surface area contributed by atoms with E-state index in [9.17, 15) is 13.2 Å². The molecular weight excluding hydrogens is 278 g/mol. The lowest BCUT2D eigenvalue weighted by Gasteiger charge is -2.19. The van der Waals surface area contributed by atoms with E-state index in [2.05, 4.69) is 10.3 Å². The molecule has 1 aliphatic heterocycles. The molecule has 0 radical (unpaired) electrons. The van der Waals surface area contributed by atoms with Gasteiger partial charge in [0.1, 0.15) is 5.82 Å². The van der Waals surface area contributed by atoms with Crippen LogP contribution in [0.15, 0.2) is 18.3 Å². The zero-order valence-corrected chi connectivity index (χ0v) is 12.3. The Bertz CT molecular complexity index is 586. The SMILES string of the molecule is CCNc1cc(C(=O)N2CCCS(=O)(=O)CC2)ccn1. The molecule has 0 saturated carbocycles. The Hall–Kier alpha value is -1.63. The monoisotopic (exact) mass is 297 g/mol. The summed E-state index contributed by atoms with van der Waals surface area (Å²) < 4.78 is 23.1. The third-order valence-corrected chi connectivity index (χ3v) is 4.92. The molecule has 0 spiro atoms. The molecule has 1 N–H and O–H groups in total. The van der Waals surface area contributed by atoms with Gasteiger partial charge in [0.15, 0.2) is 9.84 Å². The molecule has 7 heteroatoms. The summed E-state index contributed by atoms with van der Waals surface area (Å²) in [5, 5.41) is 3.05. The molecule has 0 bridgehead atoms. The molecule has 6 nitrogen and oxygen atoms in total. The van der Waals surface area contributed by atoms with Crippen LogP contribution in [0.4, 0.5) is 5.82 Å². The molecule has 2 rings (SSSR count). The van der Waals surface area contributed by atoms with Crippen molar-refractivity contribution >= 4 is 21.6 Å². The van der Waals surface area contributed by atoms with Crippen LogP contribution in [0.3, 0.4) is 0 Å². The molecule has 0 unspecified atom stereocenters. The van der Waals surface area contributed by atoms with Gasteiger partial charge in [-0.1, -0.05) is 0 Å². The van der Waals surface area contributed by atoms with Crippen molar-refractivity contribution in [3.8, 4) is 0 Å². The minimum Gasteiger partial charge on any atom is -0.370 e. The molecule has 1 aromatic rings. The lowest BCUT2D eigenvalue weighted by atomic mass is 10.2. The van der Waals surface area contributed by atoms with E-state index in [1.807, 2.05) is 6.92 Å². The topological polar surface area (TPSA) is 79.4 Å². The van der Waals surface area contributed by atoms with Crippen molar-refractivity contribution in [2.75, 3.05) is 36.5 Å². The molecule has 0 aliphatic carbocycles. The average Bonchev–Trinajstić information content (AvgIpc) is 2.60. The molecule has 20 heavy (non-hydrogen) atoms. The second kappa shape index (κ2) is 6.21. The van der Waals surface area contributed by atoms with Crippen molar-refractivity contribution in [1.29, 1.82) is 0 Å². The van der Waals surface area contributed by atoms with Gasteiger partial charge < -0.3 is 10.2 Å². The van der Waals surface area contributed by atoms with Crippen LogP contribution in [0.2, 0.25) is 0 Å². The number of hydrogen-bond acceptors (Lipinski definition) is 5. The van der Waals surface area contributed by atoms with Crippen molar-refractivity contribution in [3.05, 3.63) is 23.9 Å². The molecule has 1 fully saturated rings. The summed E-state index contributed by atoms with van der Waals surface area (Å²) in [5.74, 6) is 0.726.